The van der Waals surface area contributed by atoms with Crippen molar-refractivity contribution in [3.8, 4) is 5.75 Å². The number of benzene rings is 2. The van der Waals surface area contributed by atoms with Crippen LogP contribution in [0.2, 0.25) is 15.1 Å². The summed E-state index contributed by atoms with van der Waals surface area (Å²) in [5.41, 5.74) is 5.12. The van der Waals surface area contributed by atoms with Crippen molar-refractivity contribution in [3.05, 3.63) is 56.3 Å². The Labute approximate surface area is 218 Å². The number of amides is 3. The van der Waals surface area contributed by atoms with Crippen molar-refractivity contribution in [3.63, 3.8) is 0 Å². The van der Waals surface area contributed by atoms with Gasteiger partial charge in [0.15, 0.2) is 5.11 Å². The molecule has 1 aromatic heterocycles. The SMILES string of the molecule is COc1ccc2c(Cl)c(C(=O)NC(=S)NNC(=O)CCC(=O)Nc3ccc(Cl)cc3Cl)sc2c1. The number of thiophene rings is 1. The first kappa shape index (κ1) is 26.0. The summed E-state index contributed by atoms with van der Waals surface area (Å²) in [4.78, 5) is 36.9. The van der Waals surface area contributed by atoms with E-state index in [1.54, 1.807) is 37.4 Å². The fourth-order valence-electron chi connectivity index (χ4n) is 2.73. The zero-order chi connectivity index (χ0) is 24.8. The Kier molecular flexibility index (Phi) is 8.92. The average molecular weight is 560 g/mol. The maximum atomic E-state index is 12.6. The normalized spacial score (nSPS) is 10.5. The average Bonchev–Trinajstić information content (AvgIpc) is 3.14. The van der Waals surface area contributed by atoms with Crippen LogP contribution < -0.4 is 26.2 Å². The van der Waals surface area contributed by atoms with E-state index in [0.29, 0.717) is 26.9 Å². The van der Waals surface area contributed by atoms with Crippen LogP contribution in [0.1, 0.15) is 22.5 Å². The summed E-state index contributed by atoms with van der Waals surface area (Å²) in [5.74, 6) is -0.814. The lowest BCUT2D eigenvalue weighted by molar-refractivity contribution is -0.124. The highest BCUT2D eigenvalue weighted by Gasteiger charge is 2.19. The van der Waals surface area contributed by atoms with Crippen LogP contribution >= 0.6 is 58.4 Å². The Bertz CT molecular complexity index is 1280. The Balaban J connectivity index is 1.45. The highest BCUT2D eigenvalue weighted by molar-refractivity contribution is 7.80. The number of carbonyl (C=O) groups is 3. The Morgan fingerprint density at radius 3 is 2.44 bits per heavy atom. The zero-order valence-electron chi connectivity index (χ0n) is 17.5. The van der Waals surface area contributed by atoms with Crippen LogP contribution in [-0.2, 0) is 9.59 Å². The molecule has 178 valence electrons. The van der Waals surface area contributed by atoms with Crippen molar-refractivity contribution in [2.75, 3.05) is 12.4 Å². The lowest BCUT2D eigenvalue weighted by Gasteiger charge is -2.11. The van der Waals surface area contributed by atoms with E-state index in [-0.39, 0.29) is 27.9 Å². The molecule has 3 amide bonds. The van der Waals surface area contributed by atoms with Gasteiger partial charge >= 0.3 is 0 Å². The number of methoxy groups -OCH3 is 1. The first-order chi connectivity index (χ1) is 16.2. The largest absolute Gasteiger partial charge is 0.497 e. The molecule has 0 bridgehead atoms. The third-order valence-electron chi connectivity index (χ3n) is 4.37. The van der Waals surface area contributed by atoms with E-state index in [0.717, 1.165) is 4.70 Å². The van der Waals surface area contributed by atoms with Crippen molar-refractivity contribution in [2.45, 2.75) is 12.8 Å². The molecule has 0 unspecified atom stereocenters. The molecule has 3 rings (SSSR count). The number of nitrogens with one attached hydrogen (secondary N) is 4. The molecule has 3 aromatic rings. The molecule has 4 N–H and O–H groups in total. The minimum Gasteiger partial charge on any atom is -0.497 e. The molecule has 0 aliphatic rings. The number of hydrogen-bond acceptors (Lipinski definition) is 6. The smallest absolute Gasteiger partial charge is 0.269 e. The molecule has 13 heteroatoms. The van der Waals surface area contributed by atoms with Gasteiger partial charge in [-0.2, -0.15) is 0 Å². The quantitative estimate of drug-likeness (QED) is 0.252. The van der Waals surface area contributed by atoms with Crippen LogP contribution in [0.4, 0.5) is 5.69 Å². The summed E-state index contributed by atoms with van der Waals surface area (Å²) in [7, 11) is 1.55. The second kappa shape index (κ2) is 11.7. The lowest BCUT2D eigenvalue weighted by atomic mass is 10.2. The van der Waals surface area contributed by atoms with Crippen molar-refractivity contribution < 1.29 is 19.1 Å². The van der Waals surface area contributed by atoms with Gasteiger partial charge in [0.05, 0.1) is 22.8 Å². The number of anilines is 1. The van der Waals surface area contributed by atoms with Crippen LogP contribution in [0.15, 0.2) is 36.4 Å². The number of carbonyl (C=O) groups excluding carboxylic acids is 3. The monoisotopic (exact) mass is 558 g/mol. The number of rotatable bonds is 6. The molecule has 0 saturated carbocycles. The van der Waals surface area contributed by atoms with E-state index < -0.39 is 17.7 Å². The summed E-state index contributed by atoms with van der Waals surface area (Å²) in [6.45, 7) is 0. The second-order valence-electron chi connectivity index (χ2n) is 6.74. The Hall–Kier alpha value is -2.63. The van der Waals surface area contributed by atoms with E-state index in [4.69, 9.17) is 51.8 Å². The van der Waals surface area contributed by atoms with Crippen LogP contribution in [-0.4, -0.2) is 29.9 Å². The maximum Gasteiger partial charge on any atom is 0.269 e. The van der Waals surface area contributed by atoms with Crippen molar-refractivity contribution >= 4 is 97.0 Å². The van der Waals surface area contributed by atoms with E-state index >= 15 is 0 Å². The second-order valence-corrected chi connectivity index (χ2v) is 9.42. The molecular formula is C21H17Cl3N4O4S2. The topological polar surface area (TPSA) is 109 Å². The Morgan fingerprint density at radius 2 is 1.74 bits per heavy atom. The number of thiocarbonyl (C=S) groups is 1. The summed E-state index contributed by atoms with van der Waals surface area (Å²) in [6.07, 6.45) is -0.239. The summed E-state index contributed by atoms with van der Waals surface area (Å²) in [5, 5.41) is 6.62. The predicted octanol–water partition coefficient (Wildman–Crippen LogP) is 4.92. The molecule has 0 saturated heterocycles. The van der Waals surface area contributed by atoms with Crippen molar-refractivity contribution in [1.82, 2.24) is 16.2 Å². The number of hydrogen-bond donors (Lipinski definition) is 4. The molecule has 0 aliphatic heterocycles. The minimum absolute atomic E-state index is 0.105. The van der Waals surface area contributed by atoms with E-state index in [1.165, 1.54) is 17.4 Å². The van der Waals surface area contributed by atoms with Gasteiger partial charge in [0.25, 0.3) is 5.91 Å². The number of hydrazine groups is 1. The number of ether oxygens (including phenoxy) is 1. The van der Waals surface area contributed by atoms with Crippen LogP contribution in [0.25, 0.3) is 10.1 Å². The fraction of sp³-hybridized carbons (Fsp3) is 0.143. The van der Waals surface area contributed by atoms with Crippen LogP contribution in [0.3, 0.4) is 0 Å². The van der Waals surface area contributed by atoms with Gasteiger partial charge in [-0.3, -0.25) is 30.6 Å². The highest BCUT2D eigenvalue weighted by Crippen LogP contribution is 2.37. The predicted molar refractivity (Wildman–Crippen MR) is 139 cm³/mol. The highest BCUT2D eigenvalue weighted by atomic mass is 35.5. The van der Waals surface area contributed by atoms with E-state index in [2.05, 4.69) is 21.5 Å². The van der Waals surface area contributed by atoms with Gasteiger partial charge < -0.3 is 10.1 Å². The zero-order valence-corrected chi connectivity index (χ0v) is 21.4. The number of fused-ring (bicyclic) bond motifs is 1. The molecule has 2 aromatic carbocycles. The lowest BCUT2D eigenvalue weighted by Crippen LogP contribution is -2.48. The van der Waals surface area contributed by atoms with Gasteiger partial charge in [0.2, 0.25) is 11.8 Å². The number of halogens is 3. The van der Waals surface area contributed by atoms with Gasteiger partial charge in [-0.25, -0.2) is 0 Å². The first-order valence-corrected chi connectivity index (χ1v) is 11.9. The third kappa shape index (κ3) is 6.71. The van der Waals surface area contributed by atoms with Gasteiger partial charge in [-0.1, -0.05) is 34.8 Å². The van der Waals surface area contributed by atoms with Gasteiger partial charge in [-0.05, 0) is 48.6 Å². The summed E-state index contributed by atoms with van der Waals surface area (Å²) in [6, 6.07) is 9.92. The summed E-state index contributed by atoms with van der Waals surface area (Å²) >= 11 is 24.4. The van der Waals surface area contributed by atoms with Crippen LogP contribution in [0, 0.1) is 0 Å². The van der Waals surface area contributed by atoms with Gasteiger partial charge in [0.1, 0.15) is 10.6 Å². The molecule has 8 nitrogen and oxygen atoms in total. The van der Waals surface area contributed by atoms with Gasteiger partial charge in [-0.15, -0.1) is 11.3 Å². The minimum atomic E-state index is -0.531. The molecule has 0 aliphatic carbocycles. The van der Waals surface area contributed by atoms with Crippen LogP contribution in [0.5, 0.6) is 5.75 Å². The molecular weight excluding hydrogens is 543 g/mol. The van der Waals surface area contributed by atoms with Crippen molar-refractivity contribution in [1.29, 1.82) is 0 Å². The standard InChI is InChI=1S/C21H17Cl3N4O4S2/c1-32-11-3-4-12-15(9-11)34-19(18(12)24)20(31)26-21(33)28-27-17(30)7-6-16(29)25-14-5-2-10(22)8-13(14)23/h2-5,8-9H,6-7H2,1H3,(H,25,29)(H,27,30)(H2,26,28,31,33). The molecule has 1 heterocycles. The van der Waals surface area contributed by atoms with E-state index in [9.17, 15) is 14.4 Å². The maximum absolute atomic E-state index is 12.6. The Morgan fingerprint density at radius 1 is 1.00 bits per heavy atom. The molecule has 0 spiro atoms. The van der Waals surface area contributed by atoms with E-state index in [1.807, 2.05) is 0 Å². The molecule has 0 radical (unpaired) electrons. The summed E-state index contributed by atoms with van der Waals surface area (Å²) < 4.78 is 5.96. The first-order valence-electron chi connectivity index (χ1n) is 9.59. The fourth-order valence-corrected chi connectivity index (χ4v) is 4.77. The third-order valence-corrected chi connectivity index (χ3v) is 6.78. The van der Waals surface area contributed by atoms with Gasteiger partial charge in [0, 0.05) is 28.0 Å². The molecule has 0 fully saturated rings. The molecule has 34 heavy (non-hydrogen) atoms. The molecule has 0 atom stereocenters. The van der Waals surface area contributed by atoms with Crippen molar-refractivity contribution in [2.24, 2.45) is 0 Å².